The molecule has 0 spiro atoms. The second-order valence-corrected chi connectivity index (χ2v) is 4.62. The van der Waals surface area contributed by atoms with E-state index in [1.54, 1.807) is 18.1 Å². The molecule has 0 saturated heterocycles. The van der Waals surface area contributed by atoms with Crippen molar-refractivity contribution in [2.45, 2.75) is 6.42 Å². The van der Waals surface area contributed by atoms with Gasteiger partial charge in [-0.25, -0.2) is 4.39 Å². The average molecular weight is 304 g/mol. The van der Waals surface area contributed by atoms with Gasteiger partial charge in [-0.1, -0.05) is 0 Å². The molecule has 116 valence electrons. The quantitative estimate of drug-likeness (QED) is 0.884. The minimum atomic E-state index is -0.332. The highest BCUT2D eigenvalue weighted by Crippen LogP contribution is 2.20. The number of ether oxygens (including phenoxy) is 1. The molecule has 0 saturated carbocycles. The molecule has 1 aromatic carbocycles. The van der Waals surface area contributed by atoms with Crippen LogP contribution in [0.1, 0.15) is 6.42 Å². The maximum absolute atomic E-state index is 12.9. The molecule has 1 heterocycles. The second-order valence-electron chi connectivity index (χ2n) is 4.62. The largest absolute Gasteiger partial charge is 0.437 e. The monoisotopic (exact) mass is 304 g/mol. The predicted molar refractivity (Wildman–Crippen MR) is 80.5 cm³/mol. The van der Waals surface area contributed by atoms with Crippen molar-refractivity contribution >= 4 is 11.7 Å². The molecule has 0 atom stereocenters. The molecule has 2 aromatic rings. The summed E-state index contributed by atoms with van der Waals surface area (Å²) in [6.45, 7) is 0.508. The van der Waals surface area contributed by atoms with Crippen molar-refractivity contribution in [3.63, 3.8) is 0 Å². The van der Waals surface area contributed by atoms with Gasteiger partial charge in [0, 0.05) is 27.1 Å². The summed E-state index contributed by atoms with van der Waals surface area (Å²) < 4.78 is 18.4. The Hall–Kier alpha value is -2.70. The number of carbonyl (C=O) groups is 1. The fourth-order valence-corrected chi connectivity index (χ4v) is 1.70. The zero-order chi connectivity index (χ0) is 15.9. The number of amides is 1. The molecule has 1 amide bonds. The number of anilines is 1. The lowest BCUT2D eigenvalue weighted by molar-refractivity contribution is -0.120. The lowest BCUT2D eigenvalue weighted by Gasteiger charge is -2.17. The molecule has 7 heteroatoms. The molecule has 0 fully saturated rings. The molecule has 1 N–H and O–H groups in total. The SMILES string of the molecule is CNC(=O)CCN(C)c1cncc(Oc2ccc(F)cc2)n1. The van der Waals surface area contributed by atoms with Crippen molar-refractivity contribution in [2.75, 3.05) is 25.5 Å². The topological polar surface area (TPSA) is 67.4 Å². The highest BCUT2D eigenvalue weighted by atomic mass is 19.1. The van der Waals surface area contributed by atoms with Crippen molar-refractivity contribution in [1.82, 2.24) is 15.3 Å². The van der Waals surface area contributed by atoms with Crippen LogP contribution in [0.3, 0.4) is 0 Å². The summed E-state index contributed by atoms with van der Waals surface area (Å²) in [6.07, 6.45) is 3.42. The molecule has 6 nitrogen and oxygen atoms in total. The number of hydrogen-bond donors (Lipinski definition) is 1. The number of carbonyl (C=O) groups excluding carboxylic acids is 1. The number of nitrogens with one attached hydrogen (secondary N) is 1. The first kappa shape index (κ1) is 15.7. The zero-order valence-electron chi connectivity index (χ0n) is 12.4. The van der Waals surface area contributed by atoms with Gasteiger partial charge in [0.05, 0.1) is 12.4 Å². The van der Waals surface area contributed by atoms with Crippen molar-refractivity contribution < 1.29 is 13.9 Å². The van der Waals surface area contributed by atoms with E-state index in [2.05, 4.69) is 15.3 Å². The summed E-state index contributed by atoms with van der Waals surface area (Å²) in [5, 5.41) is 2.56. The van der Waals surface area contributed by atoms with Gasteiger partial charge in [0.25, 0.3) is 0 Å². The summed E-state index contributed by atoms with van der Waals surface area (Å²) in [5.74, 6) is 0.986. The summed E-state index contributed by atoms with van der Waals surface area (Å²) in [7, 11) is 3.41. The third kappa shape index (κ3) is 4.41. The van der Waals surface area contributed by atoms with E-state index < -0.39 is 0 Å². The van der Waals surface area contributed by atoms with Crippen molar-refractivity contribution in [3.05, 3.63) is 42.5 Å². The minimum Gasteiger partial charge on any atom is -0.437 e. The molecule has 0 aliphatic heterocycles. The lowest BCUT2D eigenvalue weighted by Crippen LogP contribution is -2.26. The van der Waals surface area contributed by atoms with Crippen molar-refractivity contribution in [1.29, 1.82) is 0 Å². The molecule has 0 bridgehead atoms. The van der Waals surface area contributed by atoms with E-state index in [-0.39, 0.29) is 11.7 Å². The van der Waals surface area contributed by atoms with Crippen LogP contribution in [0.25, 0.3) is 0 Å². The predicted octanol–water partition coefficient (Wildman–Crippen LogP) is 1.98. The van der Waals surface area contributed by atoms with E-state index in [0.29, 0.717) is 30.4 Å². The Morgan fingerprint density at radius 3 is 2.73 bits per heavy atom. The molecular formula is C15H17FN4O2. The Morgan fingerprint density at radius 1 is 1.32 bits per heavy atom. The van der Waals surface area contributed by atoms with E-state index in [4.69, 9.17) is 4.74 Å². The van der Waals surface area contributed by atoms with Gasteiger partial charge in [0.2, 0.25) is 11.8 Å². The third-order valence-corrected chi connectivity index (χ3v) is 2.98. The summed E-state index contributed by atoms with van der Waals surface area (Å²) in [5.41, 5.74) is 0. The number of hydrogen-bond acceptors (Lipinski definition) is 5. The highest BCUT2D eigenvalue weighted by molar-refractivity contribution is 5.76. The van der Waals surface area contributed by atoms with Crippen LogP contribution in [0.4, 0.5) is 10.2 Å². The Kier molecular flexibility index (Phi) is 5.24. The van der Waals surface area contributed by atoms with Gasteiger partial charge in [0.1, 0.15) is 11.6 Å². The second kappa shape index (κ2) is 7.35. The van der Waals surface area contributed by atoms with Crippen LogP contribution in [0.5, 0.6) is 11.6 Å². The van der Waals surface area contributed by atoms with Crippen molar-refractivity contribution in [3.8, 4) is 11.6 Å². The standard InChI is InChI=1S/C15H17FN4O2/c1-17-14(21)7-8-20(2)13-9-18-10-15(19-13)22-12-5-3-11(16)4-6-12/h3-6,9-10H,7-8H2,1-2H3,(H,17,21). The van der Waals surface area contributed by atoms with E-state index in [1.807, 2.05) is 7.05 Å². The maximum Gasteiger partial charge on any atom is 0.239 e. The van der Waals surface area contributed by atoms with Gasteiger partial charge in [-0.15, -0.1) is 0 Å². The first-order chi connectivity index (χ1) is 10.6. The average Bonchev–Trinajstić information content (AvgIpc) is 2.54. The highest BCUT2D eigenvalue weighted by Gasteiger charge is 2.08. The Labute approximate surface area is 128 Å². The first-order valence-corrected chi connectivity index (χ1v) is 6.75. The fraction of sp³-hybridized carbons (Fsp3) is 0.267. The Balaban J connectivity index is 2.02. The Bertz CT molecular complexity index is 634. The van der Waals surface area contributed by atoms with Gasteiger partial charge < -0.3 is 15.0 Å². The van der Waals surface area contributed by atoms with E-state index in [9.17, 15) is 9.18 Å². The Morgan fingerprint density at radius 2 is 2.05 bits per heavy atom. The normalized spacial score (nSPS) is 10.1. The van der Waals surface area contributed by atoms with Crippen LogP contribution < -0.4 is 15.0 Å². The molecule has 2 rings (SSSR count). The zero-order valence-corrected chi connectivity index (χ0v) is 12.4. The molecule has 0 aliphatic rings. The first-order valence-electron chi connectivity index (χ1n) is 6.75. The van der Waals surface area contributed by atoms with Gasteiger partial charge in [-0.2, -0.15) is 4.98 Å². The number of halogens is 1. The third-order valence-electron chi connectivity index (χ3n) is 2.98. The van der Waals surface area contributed by atoms with Crippen LogP contribution in [0.15, 0.2) is 36.7 Å². The summed E-state index contributed by atoms with van der Waals surface area (Å²) in [4.78, 5) is 21.4. The molecular weight excluding hydrogens is 287 g/mol. The van der Waals surface area contributed by atoms with Gasteiger partial charge in [-0.05, 0) is 24.3 Å². The van der Waals surface area contributed by atoms with Crippen LogP contribution in [-0.2, 0) is 4.79 Å². The van der Waals surface area contributed by atoms with Crippen LogP contribution in [0.2, 0.25) is 0 Å². The van der Waals surface area contributed by atoms with Gasteiger partial charge >= 0.3 is 0 Å². The number of benzene rings is 1. The van der Waals surface area contributed by atoms with E-state index >= 15 is 0 Å². The summed E-state index contributed by atoms with van der Waals surface area (Å²) in [6, 6.07) is 5.64. The van der Waals surface area contributed by atoms with E-state index in [1.165, 1.54) is 30.5 Å². The van der Waals surface area contributed by atoms with Gasteiger partial charge in [-0.3, -0.25) is 9.78 Å². The number of aromatic nitrogens is 2. The van der Waals surface area contributed by atoms with Crippen molar-refractivity contribution in [2.24, 2.45) is 0 Å². The summed E-state index contributed by atoms with van der Waals surface area (Å²) >= 11 is 0. The molecule has 1 aromatic heterocycles. The smallest absolute Gasteiger partial charge is 0.239 e. The molecule has 0 unspecified atom stereocenters. The lowest BCUT2D eigenvalue weighted by atomic mass is 10.3. The maximum atomic E-state index is 12.9. The van der Waals surface area contributed by atoms with E-state index in [0.717, 1.165) is 0 Å². The molecule has 22 heavy (non-hydrogen) atoms. The molecule has 0 aliphatic carbocycles. The number of rotatable bonds is 6. The fourth-order valence-electron chi connectivity index (χ4n) is 1.70. The van der Waals surface area contributed by atoms with Crippen LogP contribution in [0, 0.1) is 5.82 Å². The van der Waals surface area contributed by atoms with Crippen LogP contribution >= 0.6 is 0 Å². The van der Waals surface area contributed by atoms with Crippen LogP contribution in [-0.4, -0.2) is 36.5 Å². The minimum absolute atomic E-state index is 0.0430. The van der Waals surface area contributed by atoms with Gasteiger partial charge in [0.15, 0.2) is 5.82 Å². The number of nitrogens with zero attached hydrogens (tertiary/aromatic N) is 3. The molecule has 0 radical (unpaired) electrons.